The molecule has 1 aliphatic rings. The summed E-state index contributed by atoms with van der Waals surface area (Å²) < 4.78 is 18.4. The van der Waals surface area contributed by atoms with Crippen LogP contribution in [0.1, 0.15) is 11.6 Å². The smallest absolute Gasteiger partial charge is 0.123 e. The van der Waals surface area contributed by atoms with Gasteiger partial charge in [0.2, 0.25) is 0 Å². The lowest BCUT2D eigenvalue weighted by molar-refractivity contribution is 0.0178. The van der Waals surface area contributed by atoms with E-state index in [4.69, 9.17) is 10.5 Å². The van der Waals surface area contributed by atoms with Gasteiger partial charge in [0.25, 0.3) is 0 Å². The van der Waals surface area contributed by atoms with Crippen LogP contribution in [0.15, 0.2) is 24.3 Å². The van der Waals surface area contributed by atoms with Gasteiger partial charge in [-0.25, -0.2) is 4.39 Å². The van der Waals surface area contributed by atoms with E-state index in [1.54, 1.807) is 12.1 Å². The van der Waals surface area contributed by atoms with Crippen LogP contribution in [0.4, 0.5) is 4.39 Å². The first-order valence-electron chi connectivity index (χ1n) is 5.58. The Morgan fingerprint density at radius 3 is 2.75 bits per heavy atom. The van der Waals surface area contributed by atoms with Crippen LogP contribution in [0.2, 0.25) is 0 Å². The molecule has 2 N–H and O–H groups in total. The number of nitrogens with two attached hydrogens (primary N) is 1. The topological polar surface area (TPSA) is 38.5 Å². The van der Waals surface area contributed by atoms with Crippen LogP contribution in [0.5, 0.6) is 0 Å². The number of hydrogen-bond acceptors (Lipinski definition) is 3. The molecule has 1 saturated heterocycles. The minimum Gasteiger partial charge on any atom is -0.379 e. The van der Waals surface area contributed by atoms with Gasteiger partial charge in [0.1, 0.15) is 5.82 Å². The number of halogens is 1. The Kier molecular flexibility index (Phi) is 3.88. The normalized spacial score (nSPS) is 19.6. The molecule has 88 valence electrons. The molecule has 1 heterocycles. The Balaban J connectivity index is 2.14. The lowest BCUT2D eigenvalue weighted by Crippen LogP contribution is -2.41. The Morgan fingerprint density at radius 2 is 2.12 bits per heavy atom. The Morgan fingerprint density at radius 1 is 1.38 bits per heavy atom. The second-order valence-electron chi connectivity index (χ2n) is 3.95. The van der Waals surface area contributed by atoms with Crippen molar-refractivity contribution < 1.29 is 9.13 Å². The van der Waals surface area contributed by atoms with Gasteiger partial charge in [0.15, 0.2) is 0 Å². The highest BCUT2D eigenvalue weighted by Crippen LogP contribution is 2.21. The average Bonchev–Trinajstić information content (AvgIpc) is 2.31. The van der Waals surface area contributed by atoms with E-state index in [2.05, 4.69) is 4.90 Å². The fraction of sp³-hybridized carbons (Fsp3) is 0.500. The van der Waals surface area contributed by atoms with E-state index < -0.39 is 0 Å². The second-order valence-corrected chi connectivity index (χ2v) is 3.95. The van der Waals surface area contributed by atoms with Gasteiger partial charge in [-0.1, -0.05) is 12.1 Å². The number of benzene rings is 1. The summed E-state index contributed by atoms with van der Waals surface area (Å²) in [5.41, 5.74) is 6.73. The first kappa shape index (κ1) is 11.5. The van der Waals surface area contributed by atoms with Crippen LogP contribution in [-0.2, 0) is 4.74 Å². The predicted molar refractivity (Wildman–Crippen MR) is 60.6 cm³/mol. The zero-order valence-electron chi connectivity index (χ0n) is 9.23. The standard InChI is InChI=1S/C12H17FN2O/c13-11-3-1-2-10(8-11)12(9-14)15-4-6-16-7-5-15/h1-3,8,12H,4-7,9,14H2/t12-/m0/s1. The van der Waals surface area contributed by atoms with Crippen molar-refractivity contribution in [1.29, 1.82) is 0 Å². The van der Waals surface area contributed by atoms with E-state index in [1.165, 1.54) is 6.07 Å². The molecule has 0 bridgehead atoms. The molecule has 1 aliphatic heterocycles. The lowest BCUT2D eigenvalue weighted by Gasteiger charge is -2.34. The maximum atomic E-state index is 13.1. The molecular formula is C12H17FN2O. The third-order valence-electron chi connectivity index (χ3n) is 2.94. The molecular weight excluding hydrogens is 207 g/mol. The van der Waals surface area contributed by atoms with Crippen LogP contribution in [0.3, 0.4) is 0 Å². The zero-order chi connectivity index (χ0) is 11.4. The Bertz CT molecular complexity index is 340. The van der Waals surface area contributed by atoms with Crippen molar-refractivity contribution in [1.82, 2.24) is 4.90 Å². The molecule has 16 heavy (non-hydrogen) atoms. The van der Waals surface area contributed by atoms with E-state index >= 15 is 0 Å². The molecule has 2 rings (SSSR count). The van der Waals surface area contributed by atoms with Crippen molar-refractivity contribution in [2.75, 3.05) is 32.8 Å². The predicted octanol–water partition coefficient (Wildman–Crippen LogP) is 1.16. The van der Waals surface area contributed by atoms with Crippen molar-refractivity contribution in [3.63, 3.8) is 0 Å². The fourth-order valence-electron chi connectivity index (χ4n) is 2.10. The number of nitrogens with zero attached hydrogens (tertiary/aromatic N) is 1. The number of rotatable bonds is 3. The van der Waals surface area contributed by atoms with Gasteiger partial charge in [0.05, 0.1) is 13.2 Å². The second kappa shape index (κ2) is 5.39. The molecule has 1 fully saturated rings. The molecule has 0 aromatic heterocycles. The van der Waals surface area contributed by atoms with Gasteiger partial charge in [0, 0.05) is 25.7 Å². The third-order valence-corrected chi connectivity index (χ3v) is 2.94. The average molecular weight is 224 g/mol. The van der Waals surface area contributed by atoms with Crippen molar-refractivity contribution in [2.24, 2.45) is 5.73 Å². The molecule has 1 aromatic carbocycles. The van der Waals surface area contributed by atoms with Crippen molar-refractivity contribution in [3.05, 3.63) is 35.6 Å². The minimum atomic E-state index is -0.204. The molecule has 3 nitrogen and oxygen atoms in total. The first-order valence-corrected chi connectivity index (χ1v) is 5.58. The van der Waals surface area contributed by atoms with E-state index in [0.29, 0.717) is 6.54 Å². The largest absolute Gasteiger partial charge is 0.379 e. The molecule has 0 unspecified atom stereocenters. The van der Waals surface area contributed by atoms with Crippen LogP contribution in [0.25, 0.3) is 0 Å². The molecule has 1 atom stereocenters. The summed E-state index contributed by atoms with van der Waals surface area (Å²) in [6, 6.07) is 6.77. The van der Waals surface area contributed by atoms with E-state index in [0.717, 1.165) is 31.9 Å². The molecule has 0 spiro atoms. The van der Waals surface area contributed by atoms with Crippen LogP contribution < -0.4 is 5.73 Å². The SMILES string of the molecule is NC[C@@H](c1cccc(F)c1)N1CCOCC1. The van der Waals surface area contributed by atoms with E-state index in [1.807, 2.05) is 6.07 Å². The van der Waals surface area contributed by atoms with Gasteiger partial charge in [-0.05, 0) is 17.7 Å². The lowest BCUT2D eigenvalue weighted by atomic mass is 10.0. The highest BCUT2D eigenvalue weighted by Gasteiger charge is 2.21. The van der Waals surface area contributed by atoms with E-state index in [-0.39, 0.29) is 11.9 Å². The van der Waals surface area contributed by atoms with E-state index in [9.17, 15) is 4.39 Å². The minimum absolute atomic E-state index is 0.0969. The number of morpholine rings is 1. The monoisotopic (exact) mass is 224 g/mol. The highest BCUT2D eigenvalue weighted by atomic mass is 19.1. The van der Waals surface area contributed by atoms with Crippen molar-refractivity contribution in [3.8, 4) is 0 Å². The molecule has 0 amide bonds. The van der Waals surface area contributed by atoms with Gasteiger partial charge in [-0.15, -0.1) is 0 Å². The maximum Gasteiger partial charge on any atom is 0.123 e. The van der Waals surface area contributed by atoms with Gasteiger partial charge < -0.3 is 10.5 Å². The summed E-state index contributed by atoms with van der Waals surface area (Å²) in [6.45, 7) is 3.68. The Labute approximate surface area is 95.0 Å². The molecule has 0 radical (unpaired) electrons. The van der Waals surface area contributed by atoms with Crippen LogP contribution >= 0.6 is 0 Å². The van der Waals surface area contributed by atoms with Crippen molar-refractivity contribution >= 4 is 0 Å². The third kappa shape index (κ3) is 2.58. The number of hydrogen-bond donors (Lipinski definition) is 1. The summed E-state index contributed by atoms with van der Waals surface area (Å²) in [5.74, 6) is -0.204. The highest BCUT2D eigenvalue weighted by molar-refractivity contribution is 5.20. The van der Waals surface area contributed by atoms with Gasteiger partial charge in [-0.2, -0.15) is 0 Å². The number of ether oxygens (including phenoxy) is 1. The summed E-state index contributed by atoms with van der Waals surface area (Å²) in [5, 5.41) is 0. The summed E-state index contributed by atoms with van der Waals surface area (Å²) in [4.78, 5) is 2.25. The summed E-state index contributed by atoms with van der Waals surface area (Å²) >= 11 is 0. The van der Waals surface area contributed by atoms with Crippen LogP contribution in [-0.4, -0.2) is 37.7 Å². The van der Waals surface area contributed by atoms with Crippen LogP contribution in [0, 0.1) is 5.82 Å². The summed E-state index contributed by atoms with van der Waals surface area (Å²) in [6.07, 6.45) is 0. The summed E-state index contributed by atoms with van der Waals surface area (Å²) in [7, 11) is 0. The molecule has 0 saturated carbocycles. The zero-order valence-corrected chi connectivity index (χ0v) is 9.23. The fourth-order valence-corrected chi connectivity index (χ4v) is 2.10. The van der Waals surface area contributed by atoms with Gasteiger partial charge >= 0.3 is 0 Å². The quantitative estimate of drug-likeness (QED) is 0.837. The van der Waals surface area contributed by atoms with Crippen molar-refractivity contribution in [2.45, 2.75) is 6.04 Å². The van der Waals surface area contributed by atoms with Gasteiger partial charge in [-0.3, -0.25) is 4.90 Å². The molecule has 0 aliphatic carbocycles. The maximum absolute atomic E-state index is 13.1. The Hall–Kier alpha value is -0.970. The molecule has 4 heteroatoms. The molecule has 1 aromatic rings. The first-order chi connectivity index (χ1) is 7.81.